The summed E-state index contributed by atoms with van der Waals surface area (Å²) in [5.41, 5.74) is 1.73. The number of aryl methyl sites for hydroxylation is 2. The maximum absolute atomic E-state index is 13.7. The molecule has 0 aliphatic heterocycles. The summed E-state index contributed by atoms with van der Waals surface area (Å²) in [6.45, 7) is 6.73. The number of nitrogens with one attached hydrogen (secondary N) is 1. The van der Waals surface area contributed by atoms with E-state index in [4.69, 9.17) is 0 Å². The van der Waals surface area contributed by atoms with Gasteiger partial charge in [-0.2, -0.15) is 0 Å². The summed E-state index contributed by atoms with van der Waals surface area (Å²) >= 11 is 4.80. The Balaban J connectivity index is 2.33. The first-order valence-corrected chi connectivity index (χ1v) is 8.34. The van der Waals surface area contributed by atoms with Crippen LogP contribution >= 0.6 is 27.3 Å². The SMILES string of the molecule is CCNC(Cc1nc(C)c(C)s1)c1ccc(F)c(F)c1Br. The molecule has 0 saturated carbocycles. The van der Waals surface area contributed by atoms with Gasteiger partial charge >= 0.3 is 0 Å². The Kier molecular flexibility index (Phi) is 5.46. The number of nitrogens with zero attached hydrogens (tertiary/aromatic N) is 1. The molecule has 0 radical (unpaired) electrons. The van der Waals surface area contributed by atoms with E-state index in [1.165, 1.54) is 4.88 Å². The largest absolute Gasteiger partial charge is 0.310 e. The summed E-state index contributed by atoms with van der Waals surface area (Å²) in [4.78, 5) is 5.71. The van der Waals surface area contributed by atoms with E-state index in [9.17, 15) is 8.78 Å². The van der Waals surface area contributed by atoms with Gasteiger partial charge in [0.15, 0.2) is 11.6 Å². The number of hydrogen-bond donors (Lipinski definition) is 1. The van der Waals surface area contributed by atoms with Crippen molar-refractivity contribution in [3.05, 3.63) is 49.4 Å². The standard InChI is InChI=1S/C15H17BrF2N2S/c1-4-19-12(7-13-20-8(2)9(3)21-13)10-5-6-11(17)15(18)14(10)16/h5-6,12,19H,4,7H2,1-3H3. The number of rotatable bonds is 5. The number of thiazole rings is 1. The second kappa shape index (κ2) is 6.94. The topological polar surface area (TPSA) is 24.9 Å². The van der Waals surface area contributed by atoms with Crippen LogP contribution in [0.4, 0.5) is 8.78 Å². The van der Waals surface area contributed by atoms with Gasteiger partial charge in [0, 0.05) is 17.3 Å². The number of halogens is 3. The molecule has 1 aromatic carbocycles. The third-order valence-electron chi connectivity index (χ3n) is 3.34. The number of hydrogen-bond acceptors (Lipinski definition) is 3. The molecule has 0 saturated heterocycles. The molecule has 0 fully saturated rings. The van der Waals surface area contributed by atoms with E-state index >= 15 is 0 Å². The summed E-state index contributed by atoms with van der Waals surface area (Å²) < 4.78 is 27.2. The van der Waals surface area contributed by atoms with Crippen molar-refractivity contribution in [3.8, 4) is 0 Å². The number of aromatic nitrogens is 1. The van der Waals surface area contributed by atoms with Gasteiger partial charge in [0.25, 0.3) is 0 Å². The van der Waals surface area contributed by atoms with E-state index in [2.05, 4.69) is 26.2 Å². The van der Waals surface area contributed by atoms with Gasteiger partial charge in [-0.15, -0.1) is 11.3 Å². The normalized spacial score (nSPS) is 12.7. The quantitative estimate of drug-likeness (QED) is 0.767. The first kappa shape index (κ1) is 16.5. The van der Waals surface area contributed by atoms with Crippen molar-refractivity contribution >= 4 is 27.3 Å². The Hall–Kier alpha value is -0.850. The molecule has 1 atom stereocenters. The summed E-state index contributed by atoms with van der Waals surface area (Å²) in [5, 5.41) is 4.30. The van der Waals surface area contributed by atoms with Crippen LogP contribution in [0.5, 0.6) is 0 Å². The second-order valence-electron chi connectivity index (χ2n) is 4.83. The zero-order valence-corrected chi connectivity index (χ0v) is 14.5. The molecule has 0 aliphatic rings. The fourth-order valence-electron chi connectivity index (χ4n) is 2.15. The molecule has 6 heteroatoms. The molecule has 2 rings (SSSR count). The van der Waals surface area contributed by atoms with Gasteiger partial charge < -0.3 is 5.32 Å². The Morgan fingerprint density at radius 3 is 2.62 bits per heavy atom. The summed E-state index contributed by atoms with van der Waals surface area (Å²) in [5.74, 6) is -1.69. The van der Waals surface area contributed by atoms with Gasteiger partial charge in [0.2, 0.25) is 0 Å². The van der Waals surface area contributed by atoms with Crippen molar-refractivity contribution in [2.45, 2.75) is 33.2 Å². The minimum atomic E-state index is -0.846. The van der Waals surface area contributed by atoms with Crippen molar-refractivity contribution in [1.82, 2.24) is 10.3 Å². The average Bonchev–Trinajstić information content (AvgIpc) is 2.75. The van der Waals surface area contributed by atoms with Crippen LogP contribution in [0, 0.1) is 25.5 Å². The van der Waals surface area contributed by atoms with Gasteiger partial charge in [0.1, 0.15) is 0 Å². The van der Waals surface area contributed by atoms with Crippen LogP contribution in [0.3, 0.4) is 0 Å². The van der Waals surface area contributed by atoms with E-state index < -0.39 is 11.6 Å². The van der Waals surface area contributed by atoms with Gasteiger partial charge in [-0.05, 0) is 48.0 Å². The zero-order chi connectivity index (χ0) is 15.6. The van der Waals surface area contributed by atoms with Crippen LogP contribution in [0.25, 0.3) is 0 Å². The molecule has 0 bridgehead atoms. The van der Waals surface area contributed by atoms with Crippen molar-refractivity contribution < 1.29 is 8.78 Å². The van der Waals surface area contributed by atoms with Crippen molar-refractivity contribution in [3.63, 3.8) is 0 Å². The van der Waals surface area contributed by atoms with E-state index in [0.29, 0.717) is 12.0 Å². The van der Waals surface area contributed by atoms with Gasteiger partial charge in [-0.25, -0.2) is 13.8 Å². The van der Waals surface area contributed by atoms with Crippen molar-refractivity contribution in [1.29, 1.82) is 0 Å². The van der Waals surface area contributed by atoms with Crippen LogP contribution in [0.2, 0.25) is 0 Å². The highest BCUT2D eigenvalue weighted by molar-refractivity contribution is 9.10. The summed E-state index contributed by atoms with van der Waals surface area (Å²) in [6.07, 6.45) is 0.650. The summed E-state index contributed by atoms with van der Waals surface area (Å²) in [6, 6.07) is 2.67. The first-order chi connectivity index (χ1) is 9.93. The predicted molar refractivity (Wildman–Crippen MR) is 85.8 cm³/mol. The second-order valence-corrected chi connectivity index (χ2v) is 6.91. The zero-order valence-electron chi connectivity index (χ0n) is 12.1. The minimum absolute atomic E-state index is 0.107. The molecule has 1 aromatic heterocycles. The molecule has 0 spiro atoms. The van der Waals surface area contributed by atoms with E-state index in [-0.39, 0.29) is 10.5 Å². The number of likely N-dealkylation sites (N-methyl/N-ethyl adjacent to an activating group) is 1. The van der Waals surface area contributed by atoms with Crippen LogP contribution < -0.4 is 5.32 Å². The molecular formula is C15H17BrF2N2S. The minimum Gasteiger partial charge on any atom is -0.310 e. The van der Waals surface area contributed by atoms with Crippen LogP contribution in [0.1, 0.15) is 34.1 Å². The smallest absolute Gasteiger partial charge is 0.173 e. The van der Waals surface area contributed by atoms with E-state index in [0.717, 1.165) is 23.3 Å². The number of benzene rings is 1. The fourth-order valence-corrected chi connectivity index (χ4v) is 3.73. The maximum atomic E-state index is 13.7. The predicted octanol–water partition coefficient (Wildman–Crippen LogP) is 4.69. The Labute approximate surface area is 135 Å². The lowest BCUT2D eigenvalue weighted by atomic mass is 10.0. The average molecular weight is 375 g/mol. The highest BCUT2D eigenvalue weighted by Crippen LogP contribution is 2.31. The summed E-state index contributed by atoms with van der Waals surface area (Å²) in [7, 11) is 0. The van der Waals surface area contributed by atoms with Crippen molar-refractivity contribution in [2.24, 2.45) is 0 Å². The van der Waals surface area contributed by atoms with Gasteiger partial charge in [-0.1, -0.05) is 13.0 Å². The van der Waals surface area contributed by atoms with E-state index in [1.54, 1.807) is 17.4 Å². The third-order valence-corrected chi connectivity index (χ3v) is 5.24. The molecule has 1 heterocycles. The lowest BCUT2D eigenvalue weighted by molar-refractivity contribution is 0.491. The molecule has 0 aliphatic carbocycles. The molecule has 2 nitrogen and oxygen atoms in total. The van der Waals surface area contributed by atoms with E-state index in [1.807, 2.05) is 20.8 Å². The fraction of sp³-hybridized carbons (Fsp3) is 0.400. The Morgan fingerprint density at radius 1 is 1.33 bits per heavy atom. The maximum Gasteiger partial charge on any atom is 0.173 e. The molecule has 21 heavy (non-hydrogen) atoms. The highest BCUT2D eigenvalue weighted by Gasteiger charge is 2.20. The lowest BCUT2D eigenvalue weighted by Crippen LogP contribution is -2.23. The highest BCUT2D eigenvalue weighted by atomic mass is 79.9. The van der Waals surface area contributed by atoms with Crippen LogP contribution in [-0.2, 0) is 6.42 Å². The van der Waals surface area contributed by atoms with Crippen molar-refractivity contribution in [2.75, 3.05) is 6.54 Å². The first-order valence-electron chi connectivity index (χ1n) is 6.73. The molecule has 1 unspecified atom stereocenters. The molecule has 0 amide bonds. The molecule has 2 aromatic rings. The lowest BCUT2D eigenvalue weighted by Gasteiger charge is -2.19. The van der Waals surface area contributed by atoms with Crippen LogP contribution in [-0.4, -0.2) is 11.5 Å². The molecular weight excluding hydrogens is 358 g/mol. The van der Waals surface area contributed by atoms with Crippen LogP contribution in [0.15, 0.2) is 16.6 Å². The molecule has 114 valence electrons. The monoisotopic (exact) mass is 374 g/mol. The molecule has 1 N–H and O–H groups in total. The Morgan fingerprint density at radius 2 is 2.05 bits per heavy atom. The van der Waals surface area contributed by atoms with Gasteiger partial charge in [0.05, 0.1) is 15.2 Å². The Bertz CT molecular complexity index is 623. The van der Waals surface area contributed by atoms with Gasteiger partial charge in [-0.3, -0.25) is 0 Å². The third kappa shape index (κ3) is 3.67.